The molecular weight excluding hydrogens is 314 g/mol. The zero-order chi connectivity index (χ0) is 17.4. The lowest BCUT2D eigenvalue weighted by atomic mass is 10.1. The summed E-state index contributed by atoms with van der Waals surface area (Å²) in [6, 6.07) is 11.6. The summed E-state index contributed by atoms with van der Waals surface area (Å²) < 4.78 is 6.98. The summed E-state index contributed by atoms with van der Waals surface area (Å²) in [5.41, 5.74) is 6.12. The van der Waals surface area contributed by atoms with Gasteiger partial charge < -0.3 is 14.1 Å². The third kappa shape index (κ3) is 2.80. The number of carbonyl (C=O) groups excluding carboxylic acids is 1. The van der Waals surface area contributed by atoms with Crippen LogP contribution >= 0.6 is 0 Å². The second kappa shape index (κ2) is 5.94. The van der Waals surface area contributed by atoms with Gasteiger partial charge in [-0.25, -0.2) is 4.98 Å². The van der Waals surface area contributed by atoms with E-state index in [9.17, 15) is 4.79 Å². The van der Waals surface area contributed by atoms with E-state index in [2.05, 4.69) is 5.32 Å². The number of hydrogen-bond acceptors (Lipinski definition) is 3. The van der Waals surface area contributed by atoms with Gasteiger partial charge in [-0.3, -0.25) is 4.79 Å². The molecule has 25 heavy (non-hydrogen) atoms. The molecule has 124 valence electrons. The summed E-state index contributed by atoms with van der Waals surface area (Å²) in [5.74, 6) is -0.195. The molecule has 4 rings (SSSR count). The van der Waals surface area contributed by atoms with Gasteiger partial charge >= 0.3 is 0 Å². The predicted molar refractivity (Wildman–Crippen MR) is 96.8 cm³/mol. The van der Waals surface area contributed by atoms with Crippen LogP contribution in [0.4, 0.5) is 5.69 Å². The van der Waals surface area contributed by atoms with Crippen LogP contribution in [-0.2, 0) is 0 Å². The number of nitrogens with zero attached hydrogens (tertiary/aromatic N) is 2. The maximum atomic E-state index is 12.3. The number of hydrogen-bond donors (Lipinski definition) is 1. The van der Waals surface area contributed by atoms with Crippen molar-refractivity contribution in [2.75, 3.05) is 5.32 Å². The fourth-order valence-electron chi connectivity index (χ4n) is 2.80. The van der Waals surface area contributed by atoms with Crippen molar-refractivity contribution in [2.24, 2.45) is 0 Å². The zero-order valence-electron chi connectivity index (χ0n) is 14.0. The second-order valence-corrected chi connectivity index (χ2v) is 6.04. The highest BCUT2D eigenvalue weighted by Crippen LogP contribution is 2.26. The first-order chi connectivity index (χ1) is 12.1. The van der Waals surface area contributed by atoms with Gasteiger partial charge in [-0.15, -0.1) is 0 Å². The third-order valence-corrected chi connectivity index (χ3v) is 4.24. The van der Waals surface area contributed by atoms with Gasteiger partial charge in [0.25, 0.3) is 5.91 Å². The lowest BCUT2D eigenvalue weighted by Crippen LogP contribution is -2.11. The standard InChI is InChI=1S/C20H17N3O2/c1-13-5-6-15(10-17(13)22-20(24)16-7-9-25-12-16)18-11-23-8-3-4-14(2)19(23)21-18/h3-12H,1-2H3,(H,22,24). The molecule has 3 aromatic heterocycles. The highest BCUT2D eigenvalue weighted by atomic mass is 16.3. The number of imidazole rings is 1. The van der Waals surface area contributed by atoms with E-state index in [-0.39, 0.29) is 5.91 Å². The van der Waals surface area contributed by atoms with E-state index in [1.54, 1.807) is 6.07 Å². The number of aryl methyl sites for hydroxylation is 2. The van der Waals surface area contributed by atoms with Crippen molar-refractivity contribution in [2.45, 2.75) is 13.8 Å². The van der Waals surface area contributed by atoms with Gasteiger partial charge in [0.1, 0.15) is 11.9 Å². The molecule has 0 bridgehead atoms. The summed E-state index contributed by atoms with van der Waals surface area (Å²) >= 11 is 0. The Labute approximate surface area is 144 Å². The molecule has 0 saturated carbocycles. The first-order valence-electron chi connectivity index (χ1n) is 8.01. The maximum Gasteiger partial charge on any atom is 0.258 e. The van der Waals surface area contributed by atoms with Gasteiger partial charge in [0.05, 0.1) is 17.5 Å². The average molecular weight is 331 g/mol. The van der Waals surface area contributed by atoms with Crippen molar-refractivity contribution in [3.8, 4) is 11.3 Å². The van der Waals surface area contributed by atoms with E-state index >= 15 is 0 Å². The number of furan rings is 1. The van der Waals surface area contributed by atoms with E-state index in [1.807, 2.05) is 61.0 Å². The van der Waals surface area contributed by atoms with Gasteiger partial charge in [-0.2, -0.15) is 0 Å². The number of carbonyl (C=O) groups is 1. The Morgan fingerprint density at radius 1 is 1.16 bits per heavy atom. The van der Waals surface area contributed by atoms with Crippen molar-refractivity contribution >= 4 is 17.2 Å². The molecule has 1 amide bonds. The molecule has 5 heteroatoms. The van der Waals surface area contributed by atoms with Crippen LogP contribution in [-0.4, -0.2) is 15.3 Å². The number of rotatable bonds is 3. The topological polar surface area (TPSA) is 59.5 Å². The normalized spacial score (nSPS) is 11.0. The number of pyridine rings is 1. The smallest absolute Gasteiger partial charge is 0.258 e. The molecule has 0 aliphatic rings. The lowest BCUT2D eigenvalue weighted by Gasteiger charge is -2.09. The number of benzene rings is 1. The van der Waals surface area contributed by atoms with Crippen molar-refractivity contribution in [3.05, 3.63) is 78.0 Å². The van der Waals surface area contributed by atoms with Crippen LogP contribution in [0.2, 0.25) is 0 Å². The maximum absolute atomic E-state index is 12.3. The van der Waals surface area contributed by atoms with E-state index in [1.165, 1.54) is 12.5 Å². The quantitative estimate of drug-likeness (QED) is 0.603. The number of nitrogens with one attached hydrogen (secondary N) is 1. The number of aromatic nitrogens is 2. The van der Waals surface area contributed by atoms with Crippen LogP contribution in [0.15, 0.2) is 65.7 Å². The van der Waals surface area contributed by atoms with Crippen molar-refractivity contribution < 1.29 is 9.21 Å². The molecule has 0 saturated heterocycles. The molecule has 3 heterocycles. The van der Waals surface area contributed by atoms with Crippen LogP contribution in [0.5, 0.6) is 0 Å². The van der Waals surface area contributed by atoms with Crippen LogP contribution in [0.3, 0.4) is 0 Å². The van der Waals surface area contributed by atoms with Crippen LogP contribution in [0, 0.1) is 13.8 Å². The highest BCUT2D eigenvalue weighted by molar-refractivity contribution is 6.04. The molecule has 0 aliphatic carbocycles. The summed E-state index contributed by atoms with van der Waals surface area (Å²) in [4.78, 5) is 17.0. The Bertz CT molecular complexity index is 1060. The third-order valence-electron chi connectivity index (χ3n) is 4.24. The molecule has 0 atom stereocenters. The van der Waals surface area contributed by atoms with Crippen molar-refractivity contribution in [1.29, 1.82) is 0 Å². The molecule has 0 spiro atoms. The van der Waals surface area contributed by atoms with Crippen LogP contribution < -0.4 is 5.32 Å². The Hall–Kier alpha value is -3.34. The second-order valence-electron chi connectivity index (χ2n) is 6.04. The first-order valence-corrected chi connectivity index (χ1v) is 8.01. The molecule has 0 radical (unpaired) electrons. The Kier molecular flexibility index (Phi) is 3.61. The zero-order valence-corrected chi connectivity index (χ0v) is 14.0. The Balaban J connectivity index is 1.71. The molecule has 1 N–H and O–H groups in total. The highest BCUT2D eigenvalue weighted by Gasteiger charge is 2.12. The summed E-state index contributed by atoms with van der Waals surface area (Å²) in [6.45, 7) is 4.00. The number of anilines is 1. The monoisotopic (exact) mass is 331 g/mol. The van der Waals surface area contributed by atoms with Crippen molar-refractivity contribution in [1.82, 2.24) is 9.38 Å². The predicted octanol–water partition coefficient (Wildman–Crippen LogP) is 4.46. The number of fused-ring (bicyclic) bond motifs is 1. The molecular formula is C20H17N3O2. The minimum Gasteiger partial charge on any atom is -0.472 e. The van der Waals surface area contributed by atoms with Gasteiger partial charge in [0.15, 0.2) is 0 Å². The van der Waals surface area contributed by atoms with Crippen LogP contribution in [0.1, 0.15) is 21.5 Å². The summed E-state index contributed by atoms with van der Waals surface area (Å²) in [7, 11) is 0. The molecule has 1 aromatic carbocycles. The molecule has 0 unspecified atom stereocenters. The van der Waals surface area contributed by atoms with E-state index in [0.29, 0.717) is 5.56 Å². The minimum absolute atomic E-state index is 0.195. The Morgan fingerprint density at radius 3 is 2.80 bits per heavy atom. The summed E-state index contributed by atoms with van der Waals surface area (Å²) in [6.07, 6.45) is 6.89. The fourth-order valence-corrected chi connectivity index (χ4v) is 2.80. The van der Waals surface area contributed by atoms with Crippen LogP contribution in [0.25, 0.3) is 16.9 Å². The van der Waals surface area contributed by atoms with E-state index in [0.717, 1.165) is 33.7 Å². The van der Waals surface area contributed by atoms with Gasteiger partial charge in [0.2, 0.25) is 0 Å². The van der Waals surface area contributed by atoms with Gasteiger partial charge in [-0.1, -0.05) is 18.2 Å². The summed E-state index contributed by atoms with van der Waals surface area (Å²) in [5, 5.41) is 2.93. The first kappa shape index (κ1) is 15.2. The molecule has 0 aliphatic heterocycles. The molecule has 4 aromatic rings. The van der Waals surface area contributed by atoms with Crippen molar-refractivity contribution in [3.63, 3.8) is 0 Å². The Morgan fingerprint density at radius 2 is 2.04 bits per heavy atom. The number of amides is 1. The molecule has 5 nitrogen and oxygen atoms in total. The fraction of sp³-hybridized carbons (Fsp3) is 0.100. The SMILES string of the molecule is Cc1ccc(-c2cn3cccc(C)c3n2)cc1NC(=O)c1ccoc1. The minimum atomic E-state index is -0.195. The van der Waals surface area contributed by atoms with Gasteiger partial charge in [0, 0.05) is 23.6 Å². The van der Waals surface area contributed by atoms with E-state index in [4.69, 9.17) is 9.40 Å². The lowest BCUT2D eigenvalue weighted by molar-refractivity contribution is 0.102. The largest absolute Gasteiger partial charge is 0.472 e. The molecule has 0 fully saturated rings. The average Bonchev–Trinajstić information content (AvgIpc) is 3.26. The van der Waals surface area contributed by atoms with Gasteiger partial charge in [-0.05, 0) is 43.2 Å². The van der Waals surface area contributed by atoms with E-state index < -0.39 is 0 Å².